The van der Waals surface area contributed by atoms with Gasteiger partial charge in [-0.15, -0.1) is 0 Å². The van der Waals surface area contributed by atoms with Crippen molar-refractivity contribution in [1.29, 1.82) is 0 Å². The predicted molar refractivity (Wildman–Crippen MR) is 91.7 cm³/mol. The maximum atomic E-state index is 13.0. The topological polar surface area (TPSA) is 32.3 Å². The van der Waals surface area contributed by atoms with Crippen molar-refractivity contribution in [2.75, 3.05) is 13.1 Å². The van der Waals surface area contributed by atoms with Crippen LogP contribution in [-0.4, -0.2) is 30.5 Å². The fourth-order valence-electron chi connectivity index (χ4n) is 3.71. The number of rotatable bonds is 4. The number of hydrogen-bond acceptors (Lipinski definition) is 2. The first-order valence-electron chi connectivity index (χ1n) is 8.75. The molecule has 2 atom stereocenters. The van der Waals surface area contributed by atoms with Gasteiger partial charge in [0.15, 0.2) is 0 Å². The molecule has 152 valence electrons. The lowest BCUT2D eigenvalue weighted by molar-refractivity contribution is -0.376. The SMILES string of the molecule is OC(c1ccc([C@@H]2CNC[C@H]2Cc2ccccc2)cc1)(C(F)(F)F)C(F)(F)F. The summed E-state index contributed by atoms with van der Waals surface area (Å²) in [6, 6.07) is 13.6. The molecule has 0 aliphatic carbocycles. The Kier molecular flexibility index (Phi) is 5.46. The molecule has 0 bridgehead atoms. The van der Waals surface area contributed by atoms with Crippen molar-refractivity contribution in [3.8, 4) is 0 Å². The van der Waals surface area contributed by atoms with Crippen molar-refractivity contribution < 1.29 is 31.4 Å². The van der Waals surface area contributed by atoms with Crippen molar-refractivity contribution in [3.63, 3.8) is 0 Å². The second-order valence-corrected chi connectivity index (χ2v) is 7.04. The highest BCUT2D eigenvalue weighted by Gasteiger charge is 2.71. The Balaban J connectivity index is 1.85. The number of nitrogens with one attached hydrogen (secondary N) is 1. The molecule has 0 saturated carbocycles. The summed E-state index contributed by atoms with van der Waals surface area (Å²) in [6.45, 7) is 1.29. The molecule has 2 aromatic rings. The molecule has 2 nitrogen and oxygen atoms in total. The van der Waals surface area contributed by atoms with Crippen molar-refractivity contribution in [2.24, 2.45) is 5.92 Å². The molecular formula is C20H19F6NO. The van der Waals surface area contributed by atoms with Gasteiger partial charge in [-0.25, -0.2) is 0 Å². The quantitative estimate of drug-likeness (QED) is 0.735. The molecule has 28 heavy (non-hydrogen) atoms. The van der Waals surface area contributed by atoms with Gasteiger partial charge in [0.2, 0.25) is 0 Å². The van der Waals surface area contributed by atoms with Crippen LogP contribution in [0.4, 0.5) is 26.3 Å². The smallest absolute Gasteiger partial charge is 0.369 e. The Morgan fingerprint density at radius 1 is 0.821 bits per heavy atom. The number of halogens is 6. The average molecular weight is 403 g/mol. The Morgan fingerprint density at radius 3 is 1.93 bits per heavy atom. The molecule has 0 spiro atoms. The zero-order valence-corrected chi connectivity index (χ0v) is 14.7. The minimum absolute atomic E-state index is 0.0425. The first-order valence-corrected chi connectivity index (χ1v) is 8.75. The van der Waals surface area contributed by atoms with Gasteiger partial charge in [-0.2, -0.15) is 26.3 Å². The summed E-state index contributed by atoms with van der Waals surface area (Å²) in [6.07, 6.45) is -11.0. The van der Waals surface area contributed by atoms with Crippen molar-refractivity contribution in [2.45, 2.75) is 30.3 Å². The van der Waals surface area contributed by atoms with Crippen LogP contribution in [-0.2, 0) is 12.0 Å². The molecular weight excluding hydrogens is 384 g/mol. The van der Waals surface area contributed by atoms with E-state index < -0.39 is 23.5 Å². The lowest BCUT2D eigenvalue weighted by Gasteiger charge is -2.33. The van der Waals surface area contributed by atoms with E-state index >= 15 is 0 Å². The summed E-state index contributed by atoms with van der Waals surface area (Å²) in [4.78, 5) is 0. The molecule has 1 fully saturated rings. The van der Waals surface area contributed by atoms with E-state index in [1.807, 2.05) is 30.3 Å². The minimum atomic E-state index is -5.88. The number of hydrogen-bond donors (Lipinski definition) is 2. The Morgan fingerprint density at radius 2 is 1.39 bits per heavy atom. The zero-order valence-electron chi connectivity index (χ0n) is 14.7. The number of benzene rings is 2. The van der Waals surface area contributed by atoms with Crippen LogP contribution in [0.25, 0.3) is 0 Å². The number of alkyl halides is 6. The van der Waals surface area contributed by atoms with E-state index in [2.05, 4.69) is 5.32 Å². The highest BCUT2D eigenvalue weighted by molar-refractivity contribution is 5.33. The van der Waals surface area contributed by atoms with Crippen LogP contribution in [0.1, 0.15) is 22.6 Å². The highest BCUT2D eigenvalue weighted by Crippen LogP contribution is 2.50. The van der Waals surface area contributed by atoms with E-state index in [1.54, 1.807) is 0 Å². The molecule has 8 heteroatoms. The Bertz CT molecular complexity index is 771. The van der Waals surface area contributed by atoms with Gasteiger partial charge in [0, 0.05) is 18.0 Å². The van der Waals surface area contributed by atoms with E-state index in [0.29, 0.717) is 30.8 Å². The monoisotopic (exact) mass is 403 g/mol. The maximum absolute atomic E-state index is 13.0. The summed E-state index contributed by atoms with van der Waals surface area (Å²) < 4.78 is 78.1. The van der Waals surface area contributed by atoms with Crippen molar-refractivity contribution in [1.82, 2.24) is 5.32 Å². The maximum Gasteiger partial charge on any atom is 0.430 e. The standard InChI is InChI=1S/C20H19F6NO/c21-19(22,23)18(28,20(24,25)26)16-8-6-14(7-9-16)17-12-27-11-15(17)10-13-4-2-1-3-5-13/h1-9,15,17,27-28H,10-12H2/t15-,17+/m1/s1. The molecule has 1 aliphatic heterocycles. The summed E-state index contributed by atoms with van der Waals surface area (Å²) >= 11 is 0. The molecule has 1 saturated heterocycles. The van der Waals surface area contributed by atoms with E-state index in [-0.39, 0.29) is 11.8 Å². The Hall–Kier alpha value is -2.06. The predicted octanol–water partition coefficient (Wildman–Crippen LogP) is 4.54. The molecule has 3 rings (SSSR count). The molecule has 2 N–H and O–H groups in total. The van der Waals surface area contributed by atoms with Crippen LogP contribution >= 0.6 is 0 Å². The summed E-state index contributed by atoms with van der Waals surface area (Å²) in [5.74, 6) is 0.122. The lowest BCUT2D eigenvalue weighted by atomic mass is 9.83. The highest BCUT2D eigenvalue weighted by atomic mass is 19.4. The third-order valence-electron chi connectivity index (χ3n) is 5.26. The first-order chi connectivity index (χ1) is 13.0. The third kappa shape index (κ3) is 3.75. The second-order valence-electron chi connectivity index (χ2n) is 7.04. The fourth-order valence-corrected chi connectivity index (χ4v) is 3.71. The normalized spacial score (nSPS) is 21.1. The molecule has 0 unspecified atom stereocenters. The van der Waals surface area contributed by atoms with Gasteiger partial charge in [-0.05, 0) is 30.0 Å². The first kappa shape index (κ1) is 20.7. The Labute approximate surface area is 158 Å². The number of aliphatic hydroxyl groups is 1. The van der Waals surface area contributed by atoms with Crippen LogP contribution in [0, 0.1) is 5.92 Å². The molecule has 0 radical (unpaired) electrons. The minimum Gasteiger partial charge on any atom is -0.369 e. The van der Waals surface area contributed by atoms with Gasteiger partial charge in [-0.3, -0.25) is 0 Å². The third-order valence-corrected chi connectivity index (χ3v) is 5.26. The fraction of sp³-hybridized carbons (Fsp3) is 0.400. The van der Waals surface area contributed by atoms with Gasteiger partial charge in [-0.1, -0.05) is 54.6 Å². The summed E-state index contributed by atoms with van der Waals surface area (Å²) in [5, 5.41) is 12.7. The molecule has 1 aliphatic rings. The van der Waals surface area contributed by atoms with Gasteiger partial charge >= 0.3 is 12.4 Å². The molecule has 2 aromatic carbocycles. The molecule has 1 heterocycles. The van der Waals surface area contributed by atoms with Crippen LogP contribution in [0.5, 0.6) is 0 Å². The average Bonchev–Trinajstić information content (AvgIpc) is 3.08. The largest absolute Gasteiger partial charge is 0.430 e. The van der Waals surface area contributed by atoms with Gasteiger partial charge in [0.1, 0.15) is 0 Å². The molecule has 0 amide bonds. The van der Waals surface area contributed by atoms with Crippen molar-refractivity contribution in [3.05, 3.63) is 71.3 Å². The van der Waals surface area contributed by atoms with Crippen LogP contribution < -0.4 is 5.32 Å². The summed E-state index contributed by atoms with van der Waals surface area (Å²) in [5.41, 5.74) is -4.37. The van der Waals surface area contributed by atoms with Gasteiger partial charge in [0.25, 0.3) is 5.60 Å². The lowest BCUT2D eigenvalue weighted by Crippen LogP contribution is -2.53. The van der Waals surface area contributed by atoms with Gasteiger partial charge < -0.3 is 10.4 Å². The zero-order chi connectivity index (χ0) is 20.6. The summed E-state index contributed by atoms with van der Waals surface area (Å²) in [7, 11) is 0. The van der Waals surface area contributed by atoms with E-state index in [1.165, 1.54) is 12.1 Å². The van der Waals surface area contributed by atoms with E-state index in [0.717, 1.165) is 12.0 Å². The molecule has 0 aromatic heterocycles. The van der Waals surface area contributed by atoms with E-state index in [9.17, 15) is 31.4 Å². The van der Waals surface area contributed by atoms with Crippen LogP contribution in [0.15, 0.2) is 54.6 Å². The van der Waals surface area contributed by atoms with Crippen molar-refractivity contribution >= 4 is 0 Å². The van der Waals surface area contributed by atoms with Crippen LogP contribution in [0.2, 0.25) is 0 Å². The van der Waals surface area contributed by atoms with E-state index in [4.69, 9.17) is 0 Å². The van der Waals surface area contributed by atoms with Gasteiger partial charge in [0.05, 0.1) is 0 Å². The second kappa shape index (κ2) is 7.40. The van der Waals surface area contributed by atoms with Crippen LogP contribution in [0.3, 0.4) is 0 Å².